The molecule has 0 aromatic heterocycles. The average Bonchev–Trinajstić information content (AvgIpc) is 2.19. The van der Waals surface area contributed by atoms with Crippen molar-refractivity contribution in [2.24, 2.45) is 0 Å². The highest BCUT2D eigenvalue weighted by atomic mass is 32.2. The third-order valence-corrected chi connectivity index (χ3v) is 2.29. The minimum atomic E-state index is -3.29. The number of nitrogens with one attached hydrogen (secondary N) is 1. The molecule has 1 N–H and O–H groups in total. The molecule has 92 valence electrons. The van der Waals surface area contributed by atoms with Crippen molar-refractivity contribution >= 4 is 21.7 Å². The molecule has 1 rings (SSSR count). The van der Waals surface area contributed by atoms with Crippen LogP contribution in [0.4, 0.5) is 5.69 Å². The van der Waals surface area contributed by atoms with E-state index < -0.39 is 16.0 Å². The summed E-state index contributed by atoms with van der Waals surface area (Å²) in [7, 11) is -3.29. The van der Waals surface area contributed by atoms with Crippen LogP contribution in [-0.2, 0) is 14.8 Å². The van der Waals surface area contributed by atoms with Crippen LogP contribution in [-0.4, -0.2) is 20.6 Å². The summed E-state index contributed by atoms with van der Waals surface area (Å²) in [5.74, 6) is -0.122. The molecule has 0 spiro atoms. The first-order valence-corrected chi connectivity index (χ1v) is 6.72. The lowest BCUT2D eigenvalue weighted by atomic mass is 10.3. The summed E-state index contributed by atoms with van der Waals surface area (Å²) >= 11 is 0. The van der Waals surface area contributed by atoms with Crippen LogP contribution in [0, 0.1) is 0 Å². The van der Waals surface area contributed by atoms with Gasteiger partial charge in [-0.15, -0.1) is 0 Å². The Balaban J connectivity index is 2.72. The smallest absolute Gasteiger partial charge is 0.335 e. The predicted octanol–water partition coefficient (Wildman–Crippen LogP) is 1.54. The second kappa shape index (κ2) is 5.49. The van der Waals surface area contributed by atoms with Crippen LogP contribution < -0.4 is 9.46 Å². The van der Waals surface area contributed by atoms with Crippen LogP contribution in [0.5, 0.6) is 5.75 Å². The molecule has 0 aliphatic carbocycles. The van der Waals surface area contributed by atoms with Crippen molar-refractivity contribution in [3.05, 3.63) is 36.4 Å². The van der Waals surface area contributed by atoms with E-state index in [1.54, 1.807) is 13.0 Å². The molecule has 1 aromatic carbocycles. The van der Waals surface area contributed by atoms with Gasteiger partial charge in [0.15, 0.2) is 0 Å². The van der Waals surface area contributed by atoms with Crippen molar-refractivity contribution in [3.8, 4) is 5.75 Å². The third-order valence-electron chi connectivity index (χ3n) is 1.68. The van der Waals surface area contributed by atoms with E-state index >= 15 is 0 Å². The van der Waals surface area contributed by atoms with Gasteiger partial charge in [0.05, 0.1) is 6.26 Å². The molecule has 6 heteroatoms. The van der Waals surface area contributed by atoms with Gasteiger partial charge in [-0.3, -0.25) is 4.72 Å². The normalized spacial score (nSPS) is 11.4. The summed E-state index contributed by atoms with van der Waals surface area (Å²) in [6, 6.07) is 6.04. The molecule has 0 unspecified atom stereocenters. The fourth-order valence-corrected chi connectivity index (χ4v) is 1.66. The molecule has 0 aliphatic heterocycles. The summed E-state index contributed by atoms with van der Waals surface area (Å²) in [5.41, 5.74) is 0.415. The Bertz CT molecular complexity index is 517. The summed E-state index contributed by atoms with van der Waals surface area (Å²) < 4.78 is 29.1. The number of hydrogen-bond donors (Lipinski definition) is 1. The Morgan fingerprint density at radius 2 is 1.88 bits per heavy atom. The molecular formula is C11H13NO4S. The van der Waals surface area contributed by atoms with Gasteiger partial charge >= 0.3 is 5.97 Å². The molecule has 0 saturated heterocycles. The van der Waals surface area contributed by atoms with Crippen molar-refractivity contribution in [3.63, 3.8) is 0 Å². The largest absolute Gasteiger partial charge is 0.423 e. The van der Waals surface area contributed by atoms with E-state index in [4.69, 9.17) is 4.74 Å². The van der Waals surface area contributed by atoms with E-state index in [2.05, 4.69) is 4.72 Å². The maximum Gasteiger partial charge on any atom is 0.335 e. The van der Waals surface area contributed by atoms with Crippen LogP contribution in [0.3, 0.4) is 0 Å². The molecule has 5 nitrogen and oxygen atoms in total. The highest BCUT2D eigenvalue weighted by Gasteiger charge is 2.03. The summed E-state index contributed by atoms with van der Waals surface area (Å²) in [4.78, 5) is 11.1. The predicted molar refractivity (Wildman–Crippen MR) is 65.4 cm³/mol. The van der Waals surface area contributed by atoms with E-state index in [9.17, 15) is 13.2 Å². The number of ether oxygens (including phenoxy) is 1. The van der Waals surface area contributed by atoms with Crippen LogP contribution in [0.25, 0.3) is 0 Å². The number of hydrogen-bond acceptors (Lipinski definition) is 4. The summed E-state index contributed by atoms with van der Waals surface area (Å²) in [5, 5.41) is 0. The Hall–Kier alpha value is -1.82. The summed E-state index contributed by atoms with van der Waals surface area (Å²) in [6.07, 6.45) is 3.93. The van der Waals surface area contributed by atoms with Gasteiger partial charge in [-0.2, -0.15) is 0 Å². The molecule has 0 heterocycles. The number of esters is 1. The molecule has 1 aromatic rings. The second-order valence-electron chi connectivity index (χ2n) is 3.32. The van der Waals surface area contributed by atoms with Gasteiger partial charge in [0.1, 0.15) is 5.75 Å². The van der Waals surface area contributed by atoms with Crippen molar-refractivity contribution in [2.75, 3.05) is 11.0 Å². The average molecular weight is 255 g/mol. The lowest BCUT2D eigenvalue weighted by molar-refractivity contribution is -0.129. The molecular weight excluding hydrogens is 242 g/mol. The first-order valence-electron chi connectivity index (χ1n) is 4.83. The maximum absolute atomic E-state index is 11.1. The number of carbonyl (C=O) groups is 1. The van der Waals surface area contributed by atoms with Gasteiger partial charge in [-0.25, -0.2) is 13.2 Å². The number of allylic oxidation sites excluding steroid dienone is 1. The summed E-state index contributed by atoms with van der Waals surface area (Å²) in [6.45, 7) is 1.71. The van der Waals surface area contributed by atoms with E-state index in [-0.39, 0.29) is 0 Å². The van der Waals surface area contributed by atoms with Crippen molar-refractivity contribution < 1.29 is 17.9 Å². The molecule has 17 heavy (non-hydrogen) atoms. The number of rotatable bonds is 4. The van der Waals surface area contributed by atoms with Gasteiger partial charge in [0.2, 0.25) is 10.0 Å². The van der Waals surface area contributed by atoms with E-state index in [0.29, 0.717) is 11.4 Å². The van der Waals surface area contributed by atoms with Crippen molar-refractivity contribution in [1.29, 1.82) is 0 Å². The minimum absolute atomic E-state index is 0.354. The zero-order valence-electron chi connectivity index (χ0n) is 9.51. The molecule has 0 atom stereocenters. The monoisotopic (exact) mass is 255 g/mol. The first-order chi connectivity index (χ1) is 7.90. The molecule has 0 aliphatic rings. The molecule has 0 bridgehead atoms. The molecule has 0 amide bonds. The molecule has 0 saturated carbocycles. The van der Waals surface area contributed by atoms with Crippen LogP contribution in [0.15, 0.2) is 36.4 Å². The Morgan fingerprint density at radius 1 is 1.29 bits per heavy atom. The topological polar surface area (TPSA) is 72.5 Å². The fourth-order valence-electron chi connectivity index (χ4n) is 1.09. The molecule has 0 radical (unpaired) electrons. The minimum Gasteiger partial charge on any atom is -0.423 e. The number of carbonyl (C=O) groups excluding carboxylic acids is 1. The number of benzene rings is 1. The lowest BCUT2D eigenvalue weighted by Gasteiger charge is -2.05. The second-order valence-corrected chi connectivity index (χ2v) is 5.07. The number of anilines is 1. The Morgan fingerprint density at radius 3 is 2.35 bits per heavy atom. The molecule has 0 fully saturated rings. The van der Waals surface area contributed by atoms with Crippen LogP contribution in [0.2, 0.25) is 0 Å². The van der Waals surface area contributed by atoms with Crippen LogP contribution in [0.1, 0.15) is 6.92 Å². The zero-order chi connectivity index (χ0) is 12.9. The fraction of sp³-hybridized carbons (Fsp3) is 0.182. The maximum atomic E-state index is 11.1. The van der Waals surface area contributed by atoms with Gasteiger partial charge in [0, 0.05) is 11.8 Å². The number of sulfonamides is 1. The van der Waals surface area contributed by atoms with Crippen molar-refractivity contribution in [1.82, 2.24) is 0 Å². The van der Waals surface area contributed by atoms with Gasteiger partial charge in [-0.05, 0) is 31.2 Å². The lowest BCUT2D eigenvalue weighted by Crippen LogP contribution is -2.09. The SMILES string of the molecule is CC=CC(=O)Oc1ccc(NS(C)(=O)=O)cc1. The first kappa shape index (κ1) is 13.2. The quantitative estimate of drug-likeness (QED) is 0.503. The standard InChI is InChI=1S/C11H13NO4S/c1-3-4-11(13)16-10-7-5-9(6-8-10)12-17(2,14)15/h3-8,12H,1-2H3. The van der Waals surface area contributed by atoms with Gasteiger partial charge < -0.3 is 4.74 Å². The Labute approximate surface area is 100 Å². The van der Waals surface area contributed by atoms with Gasteiger partial charge in [0.25, 0.3) is 0 Å². The van der Waals surface area contributed by atoms with Gasteiger partial charge in [-0.1, -0.05) is 6.08 Å². The van der Waals surface area contributed by atoms with E-state index in [0.717, 1.165) is 6.26 Å². The van der Waals surface area contributed by atoms with Crippen molar-refractivity contribution in [2.45, 2.75) is 6.92 Å². The Kier molecular flexibility index (Phi) is 4.28. The highest BCUT2D eigenvalue weighted by molar-refractivity contribution is 7.92. The van der Waals surface area contributed by atoms with E-state index in [1.165, 1.54) is 30.3 Å². The van der Waals surface area contributed by atoms with E-state index in [1.807, 2.05) is 0 Å². The van der Waals surface area contributed by atoms with Crippen LogP contribution >= 0.6 is 0 Å². The third kappa shape index (κ3) is 5.17. The zero-order valence-corrected chi connectivity index (χ0v) is 10.3. The highest BCUT2D eigenvalue weighted by Crippen LogP contribution is 2.16.